The van der Waals surface area contributed by atoms with Gasteiger partial charge in [-0.2, -0.15) is 0 Å². The van der Waals surface area contributed by atoms with Gasteiger partial charge in [-0.1, -0.05) is 18.2 Å². The summed E-state index contributed by atoms with van der Waals surface area (Å²) >= 11 is 5.90. The Balaban J connectivity index is 1.77. The van der Waals surface area contributed by atoms with Crippen LogP contribution < -0.4 is 14.8 Å². The van der Waals surface area contributed by atoms with Crippen molar-refractivity contribution in [2.75, 3.05) is 19.0 Å². The molecule has 0 radical (unpaired) electrons. The van der Waals surface area contributed by atoms with E-state index in [-0.39, 0.29) is 5.02 Å². The van der Waals surface area contributed by atoms with Crippen molar-refractivity contribution in [3.05, 3.63) is 83.8 Å². The number of methoxy groups -OCH3 is 1. The number of aliphatic imine (C=N–C) groups is 1. The number of benzene rings is 2. The quantitative estimate of drug-likeness (QED) is 0.271. The molecule has 0 aliphatic heterocycles. The van der Waals surface area contributed by atoms with Crippen LogP contribution in [0.3, 0.4) is 0 Å². The van der Waals surface area contributed by atoms with Gasteiger partial charge in [-0.3, -0.25) is 0 Å². The second-order valence-corrected chi connectivity index (χ2v) is 7.14. The highest BCUT2D eigenvalue weighted by atomic mass is 35.5. The lowest BCUT2D eigenvalue weighted by Gasteiger charge is -2.17. The number of hydrogen-bond donors (Lipinski definition) is 1. The number of aryl methyl sites for hydroxylation is 2. The van der Waals surface area contributed by atoms with E-state index in [0.29, 0.717) is 29.6 Å². The molecule has 0 saturated carbocycles. The van der Waals surface area contributed by atoms with E-state index in [1.165, 1.54) is 18.3 Å². The van der Waals surface area contributed by atoms with Crippen molar-refractivity contribution in [2.24, 2.45) is 4.99 Å². The minimum atomic E-state index is -0.484. The molecular weight excluding hydrogens is 419 g/mol. The Kier molecular flexibility index (Phi) is 7.67. The highest BCUT2D eigenvalue weighted by Gasteiger charge is 2.14. The summed E-state index contributed by atoms with van der Waals surface area (Å²) in [5.74, 6) is 1.28. The molecule has 3 rings (SSSR count). The molecule has 1 N–H and O–H groups in total. The number of amidine groups is 1. The molecule has 0 unspecified atom stereocenters. The smallest absolute Gasteiger partial charge is 0.161 e. The fourth-order valence-corrected chi connectivity index (χ4v) is 3.19. The minimum Gasteiger partial charge on any atom is -0.493 e. The van der Waals surface area contributed by atoms with Gasteiger partial charge >= 0.3 is 0 Å². The zero-order valence-corrected chi connectivity index (χ0v) is 18.2. The number of nitrogens with zero attached hydrogens (tertiary/aromatic N) is 3. The van der Waals surface area contributed by atoms with Crippen LogP contribution in [-0.2, 0) is 6.54 Å². The number of nitrogens with one attached hydrogen (secondary N) is 1. The van der Waals surface area contributed by atoms with E-state index in [1.54, 1.807) is 25.7 Å². The Labute approximate surface area is 186 Å². The first-order valence-corrected chi connectivity index (χ1v) is 10.1. The topological polar surface area (TPSA) is 60.7 Å². The van der Waals surface area contributed by atoms with Crippen molar-refractivity contribution >= 4 is 23.1 Å². The highest BCUT2D eigenvalue weighted by molar-refractivity contribution is 6.31. The minimum absolute atomic E-state index is 0.0247. The van der Waals surface area contributed by atoms with Gasteiger partial charge < -0.3 is 19.4 Å². The molecule has 0 aliphatic rings. The van der Waals surface area contributed by atoms with Gasteiger partial charge in [0.1, 0.15) is 11.7 Å². The normalized spacial score (nSPS) is 11.3. The first-order valence-electron chi connectivity index (χ1n) is 9.70. The molecule has 31 heavy (non-hydrogen) atoms. The molecule has 0 atom stereocenters. The zero-order chi connectivity index (χ0) is 22.2. The van der Waals surface area contributed by atoms with Gasteiger partial charge in [-0.15, -0.1) is 0 Å². The standard InChI is InChI=1S/C23H24ClFN4O2/c1-4-27-23(28-17-6-7-20(25)19(24)13-17)18-14-21(30-3)22(12-16(18)2)31-11-5-9-29-10-8-26-15-29/h4,6-8,10,12-15H,1,5,9,11H2,2-3H3,(H,27,28). The first-order chi connectivity index (χ1) is 15.0. The molecule has 8 heteroatoms. The van der Waals surface area contributed by atoms with Crippen LogP contribution in [0.5, 0.6) is 11.5 Å². The highest BCUT2D eigenvalue weighted by Crippen LogP contribution is 2.31. The van der Waals surface area contributed by atoms with Gasteiger partial charge in [0.05, 0.1) is 25.1 Å². The third-order valence-corrected chi connectivity index (χ3v) is 4.84. The molecule has 162 valence electrons. The summed E-state index contributed by atoms with van der Waals surface area (Å²) < 4.78 is 27.0. The van der Waals surface area contributed by atoms with Crippen LogP contribution in [0.1, 0.15) is 17.5 Å². The van der Waals surface area contributed by atoms with E-state index in [4.69, 9.17) is 21.1 Å². The molecule has 3 aromatic rings. The van der Waals surface area contributed by atoms with Crippen LogP contribution in [0.4, 0.5) is 10.1 Å². The number of rotatable bonds is 9. The number of hydrogen-bond acceptors (Lipinski definition) is 4. The average molecular weight is 443 g/mol. The molecule has 0 aliphatic carbocycles. The monoisotopic (exact) mass is 442 g/mol. The van der Waals surface area contributed by atoms with Crippen molar-refractivity contribution in [1.82, 2.24) is 9.55 Å². The summed E-state index contributed by atoms with van der Waals surface area (Å²) in [5, 5.41) is 3.19. The summed E-state index contributed by atoms with van der Waals surface area (Å²) in [4.78, 5) is 8.37. The lowest BCUT2D eigenvalue weighted by atomic mass is 10.1. The van der Waals surface area contributed by atoms with E-state index in [9.17, 15) is 4.39 Å². The molecule has 0 bridgehead atoms. The van der Waals surface area contributed by atoms with Gasteiger partial charge in [0, 0.05) is 36.4 Å². The van der Waals surface area contributed by atoms with Crippen molar-refractivity contribution in [3.8, 4) is 11.5 Å². The lowest BCUT2D eigenvalue weighted by molar-refractivity contribution is 0.282. The van der Waals surface area contributed by atoms with Crippen LogP contribution in [-0.4, -0.2) is 29.1 Å². The zero-order valence-electron chi connectivity index (χ0n) is 17.4. The van der Waals surface area contributed by atoms with Gasteiger partial charge in [0.15, 0.2) is 11.5 Å². The van der Waals surface area contributed by atoms with Crippen molar-refractivity contribution < 1.29 is 13.9 Å². The van der Waals surface area contributed by atoms with E-state index in [0.717, 1.165) is 24.1 Å². The fourth-order valence-electron chi connectivity index (χ4n) is 3.01. The third kappa shape index (κ3) is 5.86. The second-order valence-electron chi connectivity index (χ2n) is 6.73. The number of anilines is 1. The van der Waals surface area contributed by atoms with Crippen molar-refractivity contribution in [3.63, 3.8) is 0 Å². The Morgan fingerprint density at radius 1 is 1.32 bits per heavy atom. The van der Waals surface area contributed by atoms with E-state index in [2.05, 4.69) is 21.9 Å². The maximum atomic E-state index is 13.5. The van der Waals surface area contributed by atoms with E-state index in [1.807, 2.05) is 29.8 Å². The molecule has 2 aromatic carbocycles. The van der Waals surface area contributed by atoms with Crippen LogP contribution in [0.25, 0.3) is 0 Å². The third-order valence-electron chi connectivity index (χ3n) is 4.55. The van der Waals surface area contributed by atoms with Crippen LogP contribution >= 0.6 is 11.6 Å². The molecule has 0 spiro atoms. The fraction of sp³-hybridized carbons (Fsp3) is 0.217. The summed E-state index contributed by atoms with van der Waals surface area (Å²) in [7, 11) is 1.59. The SMILES string of the molecule is C=CN=C(Nc1ccc(F)c(Cl)c1)c1cc(OC)c(OCCCn2ccnc2)cc1C. The Morgan fingerprint density at radius 3 is 2.84 bits per heavy atom. The maximum absolute atomic E-state index is 13.5. The molecule has 0 amide bonds. The van der Waals surface area contributed by atoms with Gasteiger partial charge in [-0.05, 0) is 49.2 Å². The van der Waals surface area contributed by atoms with Gasteiger partial charge in [0.2, 0.25) is 0 Å². The average Bonchev–Trinajstić information content (AvgIpc) is 3.27. The lowest BCUT2D eigenvalue weighted by Crippen LogP contribution is -2.15. The van der Waals surface area contributed by atoms with Crippen molar-refractivity contribution in [1.29, 1.82) is 0 Å². The molecule has 6 nitrogen and oxygen atoms in total. The first kappa shape index (κ1) is 22.4. The summed E-state index contributed by atoms with van der Waals surface area (Å²) in [6.07, 6.45) is 7.71. The number of imidazole rings is 1. The molecular formula is C23H24ClFN4O2. The van der Waals surface area contributed by atoms with Gasteiger partial charge in [-0.25, -0.2) is 14.4 Å². The van der Waals surface area contributed by atoms with E-state index < -0.39 is 5.82 Å². The number of halogens is 2. The number of aromatic nitrogens is 2. The summed E-state index contributed by atoms with van der Waals surface area (Å²) in [6.45, 7) is 6.99. The van der Waals surface area contributed by atoms with Crippen LogP contribution in [0.15, 0.2) is 66.8 Å². The predicted octanol–water partition coefficient (Wildman–Crippen LogP) is 5.46. The largest absolute Gasteiger partial charge is 0.493 e. The molecule has 1 aromatic heterocycles. The molecule has 1 heterocycles. The summed E-state index contributed by atoms with van der Waals surface area (Å²) in [5.41, 5.74) is 2.32. The molecule has 0 saturated heterocycles. The maximum Gasteiger partial charge on any atom is 0.161 e. The molecule has 0 fully saturated rings. The Morgan fingerprint density at radius 2 is 2.16 bits per heavy atom. The summed E-state index contributed by atoms with van der Waals surface area (Å²) in [6, 6.07) is 8.14. The second kappa shape index (κ2) is 10.6. The van der Waals surface area contributed by atoms with E-state index >= 15 is 0 Å². The number of ether oxygens (including phenoxy) is 2. The van der Waals surface area contributed by atoms with Gasteiger partial charge in [0.25, 0.3) is 0 Å². The Bertz CT molecular complexity index is 1070. The van der Waals surface area contributed by atoms with Crippen molar-refractivity contribution in [2.45, 2.75) is 19.9 Å². The predicted molar refractivity (Wildman–Crippen MR) is 122 cm³/mol. The van der Waals surface area contributed by atoms with Crippen LogP contribution in [0.2, 0.25) is 5.02 Å². The van der Waals surface area contributed by atoms with Crippen LogP contribution in [0, 0.1) is 12.7 Å². The Hall–Kier alpha value is -3.32.